The van der Waals surface area contributed by atoms with Gasteiger partial charge < -0.3 is 11.1 Å². The summed E-state index contributed by atoms with van der Waals surface area (Å²) in [6, 6.07) is 11.9. The number of anilines is 1. The maximum atomic E-state index is 12.5. The second-order valence-electron chi connectivity index (χ2n) is 5.30. The van der Waals surface area contributed by atoms with Crippen molar-refractivity contribution < 1.29 is 14.5 Å². The Hall–Kier alpha value is -3.68. The predicted octanol–water partition coefficient (Wildman–Crippen LogP) is 2.26. The quantitative estimate of drug-likeness (QED) is 0.656. The lowest BCUT2D eigenvalue weighted by Gasteiger charge is -2.30. The van der Waals surface area contributed by atoms with Gasteiger partial charge in [0.2, 0.25) is 0 Å². The average Bonchev–Trinajstić information content (AvgIpc) is 2.61. The van der Waals surface area contributed by atoms with Gasteiger partial charge in [0.05, 0.1) is 21.9 Å². The molecule has 0 atom stereocenters. The molecule has 0 saturated carbocycles. The van der Waals surface area contributed by atoms with E-state index in [4.69, 9.17) is 5.73 Å². The van der Waals surface area contributed by atoms with Gasteiger partial charge >= 0.3 is 6.03 Å². The molecular weight excluding hydrogens is 324 g/mol. The number of hydrogen-bond donors (Lipinski definition) is 2. The number of nitrogens with one attached hydrogen (secondary N) is 1. The number of amides is 3. The van der Waals surface area contributed by atoms with Crippen LogP contribution >= 0.6 is 0 Å². The minimum absolute atomic E-state index is 0.0903. The van der Waals surface area contributed by atoms with Gasteiger partial charge in [0, 0.05) is 24.2 Å². The van der Waals surface area contributed by atoms with E-state index in [1.165, 1.54) is 23.1 Å². The van der Waals surface area contributed by atoms with Crippen LogP contribution < -0.4 is 16.0 Å². The van der Waals surface area contributed by atoms with Crippen molar-refractivity contribution in [2.24, 2.45) is 5.73 Å². The molecule has 2 aromatic carbocycles. The molecule has 3 N–H and O–H groups in total. The third-order valence-corrected chi connectivity index (χ3v) is 3.76. The van der Waals surface area contributed by atoms with Crippen LogP contribution in [-0.2, 0) is 0 Å². The van der Waals surface area contributed by atoms with Crippen LogP contribution in [0.5, 0.6) is 0 Å². The molecule has 1 aliphatic heterocycles. The molecule has 0 fully saturated rings. The van der Waals surface area contributed by atoms with Gasteiger partial charge in [0.15, 0.2) is 0 Å². The number of nitrogens with two attached hydrogens (primary N) is 1. The number of urea groups is 1. The van der Waals surface area contributed by atoms with E-state index < -0.39 is 16.9 Å². The molecular formula is C17H14N4O4. The average molecular weight is 338 g/mol. The monoisotopic (exact) mass is 338 g/mol. The van der Waals surface area contributed by atoms with Crippen LogP contribution in [-0.4, -0.2) is 23.4 Å². The predicted molar refractivity (Wildman–Crippen MR) is 91.9 cm³/mol. The number of carbonyl (C=O) groups is 2. The Balaban J connectivity index is 2.14. The molecule has 8 nitrogen and oxygen atoms in total. The summed E-state index contributed by atoms with van der Waals surface area (Å²) in [7, 11) is 0. The highest BCUT2D eigenvalue weighted by atomic mass is 16.6. The van der Waals surface area contributed by atoms with E-state index in [1.807, 2.05) is 0 Å². The van der Waals surface area contributed by atoms with Crippen LogP contribution in [0.1, 0.15) is 15.9 Å². The highest BCUT2D eigenvalue weighted by molar-refractivity contribution is 6.11. The largest absolute Gasteiger partial charge is 0.366 e. The van der Waals surface area contributed by atoms with E-state index in [1.54, 1.807) is 36.4 Å². The summed E-state index contributed by atoms with van der Waals surface area (Å²) < 4.78 is 0. The number of carbonyl (C=O) groups excluding carboxylic acids is 2. The molecule has 0 aliphatic carbocycles. The molecule has 25 heavy (non-hydrogen) atoms. The minimum atomic E-state index is -0.674. The lowest BCUT2D eigenvalue weighted by atomic mass is 10.1. The van der Waals surface area contributed by atoms with Gasteiger partial charge in [-0.3, -0.25) is 19.8 Å². The number of nitrogens with zero attached hydrogens (tertiary/aromatic N) is 2. The smallest absolute Gasteiger partial charge is 0.326 e. The Kier molecular flexibility index (Phi) is 4.17. The maximum absolute atomic E-state index is 12.5. The Labute approximate surface area is 142 Å². The number of nitro groups is 1. The van der Waals surface area contributed by atoms with E-state index in [-0.39, 0.29) is 17.8 Å². The second kappa shape index (κ2) is 6.44. The topological polar surface area (TPSA) is 119 Å². The first kappa shape index (κ1) is 16.2. The van der Waals surface area contributed by atoms with Crippen molar-refractivity contribution in [1.82, 2.24) is 5.32 Å². The molecule has 0 saturated heterocycles. The number of nitro benzene ring substituents is 1. The molecule has 0 radical (unpaired) electrons. The summed E-state index contributed by atoms with van der Waals surface area (Å²) in [5, 5.41) is 13.7. The van der Waals surface area contributed by atoms with Gasteiger partial charge in [-0.05, 0) is 18.2 Å². The zero-order chi connectivity index (χ0) is 18.0. The molecule has 3 rings (SSSR count). The molecule has 0 aromatic heterocycles. The van der Waals surface area contributed by atoms with E-state index in [0.29, 0.717) is 16.9 Å². The van der Waals surface area contributed by atoms with Gasteiger partial charge in [-0.25, -0.2) is 4.79 Å². The number of para-hydroxylation sites is 1. The fourth-order valence-electron chi connectivity index (χ4n) is 2.66. The molecule has 1 aliphatic rings. The van der Waals surface area contributed by atoms with Crippen LogP contribution in [0.15, 0.2) is 54.6 Å². The molecule has 3 amide bonds. The van der Waals surface area contributed by atoms with Crippen molar-refractivity contribution in [3.05, 3.63) is 75.8 Å². The van der Waals surface area contributed by atoms with Crippen molar-refractivity contribution >= 4 is 29.0 Å². The van der Waals surface area contributed by atoms with Crippen LogP contribution in [0.4, 0.5) is 16.2 Å². The number of non-ortho nitro benzene ring substituents is 1. The van der Waals surface area contributed by atoms with Crippen LogP contribution in [0, 0.1) is 10.1 Å². The molecule has 0 unspecified atom stereocenters. The summed E-state index contributed by atoms with van der Waals surface area (Å²) >= 11 is 0. The van der Waals surface area contributed by atoms with Crippen molar-refractivity contribution in [3.8, 4) is 0 Å². The molecule has 126 valence electrons. The summed E-state index contributed by atoms with van der Waals surface area (Å²) in [5.41, 5.74) is 6.74. The van der Waals surface area contributed by atoms with Crippen molar-refractivity contribution in [2.45, 2.75) is 0 Å². The summed E-state index contributed by atoms with van der Waals surface area (Å²) in [4.78, 5) is 36.0. The Morgan fingerprint density at radius 2 is 1.96 bits per heavy atom. The zero-order valence-corrected chi connectivity index (χ0v) is 13.0. The molecule has 0 bridgehead atoms. The van der Waals surface area contributed by atoms with E-state index in [0.717, 1.165) is 0 Å². The minimum Gasteiger partial charge on any atom is -0.366 e. The number of primary amides is 1. The third kappa shape index (κ3) is 3.05. The lowest BCUT2D eigenvalue weighted by molar-refractivity contribution is -0.384. The maximum Gasteiger partial charge on any atom is 0.326 e. The molecule has 1 heterocycles. The van der Waals surface area contributed by atoms with Crippen molar-refractivity contribution in [1.29, 1.82) is 0 Å². The van der Waals surface area contributed by atoms with Gasteiger partial charge in [0.1, 0.15) is 0 Å². The van der Waals surface area contributed by atoms with Gasteiger partial charge in [-0.15, -0.1) is 0 Å². The number of hydrogen-bond acceptors (Lipinski definition) is 4. The first-order valence-corrected chi connectivity index (χ1v) is 7.41. The Bertz CT molecular complexity index is 907. The second-order valence-corrected chi connectivity index (χ2v) is 5.30. The SMILES string of the molecule is NC(=O)c1ccccc1N1C(=O)NCC=C1c1cccc([N+](=O)[O-])c1. The number of benzene rings is 2. The molecule has 2 aromatic rings. The Morgan fingerprint density at radius 3 is 2.68 bits per heavy atom. The third-order valence-electron chi connectivity index (χ3n) is 3.76. The highest BCUT2D eigenvalue weighted by Gasteiger charge is 2.28. The number of rotatable bonds is 4. The zero-order valence-electron chi connectivity index (χ0n) is 13.0. The van der Waals surface area contributed by atoms with Gasteiger partial charge in [-0.2, -0.15) is 0 Å². The van der Waals surface area contributed by atoms with Crippen molar-refractivity contribution in [2.75, 3.05) is 11.4 Å². The van der Waals surface area contributed by atoms with Crippen LogP contribution in [0.25, 0.3) is 5.70 Å². The highest BCUT2D eigenvalue weighted by Crippen LogP contribution is 2.32. The standard InChI is InChI=1S/C17H14N4O4/c18-16(22)13-6-1-2-7-15(13)20-14(8-9-19-17(20)23)11-4-3-5-12(10-11)21(24)25/h1-8,10H,9H2,(H2,18,22)(H,19,23). The molecule has 0 spiro atoms. The summed E-state index contributed by atoms with van der Waals surface area (Å²) in [6.45, 7) is 0.270. The first-order valence-electron chi connectivity index (χ1n) is 7.41. The van der Waals surface area contributed by atoms with Crippen LogP contribution in [0.3, 0.4) is 0 Å². The van der Waals surface area contributed by atoms with E-state index >= 15 is 0 Å². The van der Waals surface area contributed by atoms with Crippen LogP contribution in [0.2, 0.25) is 0 Å². The molecule has 8 heteroatoms. The van der Waals surface area contributed by atoms with Gasteiger partial charge in [-0.1, -0.05) is 24.3 Å². The fourth-order valence-corrected chi connectivity index (χ4v) is 2.66. The first-order chi connectivity index (χ1) is 12.0. The summed E-state index contributed by atoms with van der Waals surface area (Å²) in [6.07, 6.45) is 1.72. The normalized spacial score (nSPS) is 13.8. The Morgan fingerprint density at radius 1 is 1.20 bits per heavy atom. The van der Waals surface area contributed by atoms with Gasteiger partial charge in [0.25, 0.3) is 11.6 Å². The van der Waals surface area contributed by atoms with E-state index in [2.05, 4.69) is 5.32 Å². The van der Waals surface area contributed by atoms with E-state index in [9.17, 15) is 19.7 Å². The van der Waals surface area contributed by atoms with Crippen molar-refractivity contribution in [3.63, 3.8) is 0 Å². The lowest BCUT2D eigenvalue weighted by Crippen LogP contribution is -2.43. The fraction of sp³-hybridized carbons (Fsp3) is 0.0588. The summed E-state index contributed by atoms with van der Waals surface area (Å²) in [5.74, 6) is -0.674.